The Hall–Kier alpha value is -1.10. The molecular formula is C16H28N2O2. The van der Waals surface area contributed by atoms with Gasteiger partial charge in [-0.3, -0.25) is 4.90 Å². The second kappa shape index (κ2) is 10.7. The first-order valence-corrected chi connectivity index (χ1v) is 7.46. The molecule has 0 fully saturated rings. The standard InChI is InChI=1S/C16H28N2O2/c1-4-18(9-11-19-5-2)10-12-20-16-8-6-7-15(13-16)14-17-3/h6-8,13,17H,4-5,9-12,14H2,1-3H3. The molecule has 20 heavy (non-hydrogen) atoms. The lowest BCUT2D eigenvalue weighted by Gasteiger charge is -2.20. The van der Waals surface area contributed by atoms with E-state index in [1.165, 1.54) is 5.56 Å². The van der Waals surface area contributed by atoms with Crippen molar-refractivity contribution in [2.75, 3.05) is 46.5 Å². The van der Waals surface area contributed by atoms with Gasteiger partial charge in [0.2, 0.25) is 0 Å². The molecule has 0 atom stereocenters. The van der Waals surface area contributed by atoms with Gasteiger partial charge in [0.15, 0.2) is 0 Å². The molecule has 0 aliphatic carbocycles. The Morgan fingerprint density at radius 2 is 1.95 bits per heavy atom. The van der Waals surface area contributed by atoms with Gasteiger partial charge in [-0.15, -0.1) is 0 Å². The molecular weight excluding hydrogens is 252 g/mol. The van der Waals surface area contributed by atoms with Crippen molar-refractivity contribution in [3.63, 3.8) is 0 Å². The lowest BCUT2D eigenvalue weighted by molar-refractivity contribution is 0.108. The summed E-state index contributed by atoms with van der Waals surface area (Å²) < 4.78 is 11.2. The van der Waals surface area contributed by atoms with Crippen molar-refractivity contribution < 1.29 is 9.47 Å². The highest BCUT2D eigenvalue weighted by molar-refractivity contribution is 5.28. The van der Waals surface area contributed by atoms with E-state index in [9.17, 15) is 0 Å². The van der Waals surface area contributed by atoms with Crippen LogP contribution in [0.15, 0.2) is 24.3 Å². The quantitative estimate of drug-likeness (QED) is 0.630. The van der Waals surface area contributed by atoms with E-state index in [4.69, 9.17) is 9.47 Å². The highest BCUT2D eigenvalue weighted by Crippen LogP contribution is 2.13. The van der Waals surface area contributed by atoms with E-state index in [0.29, 0.717) is 6.61 Å². The molecule has 1 rings (SSSR count). The number of benzene rings is 1. The summed E-state index contributed by atoms with van der Waals surface area (Å²) in [6.45, 7) is 10.3. The average Bonchev–Trinajstić information content (AvgIpc) is 2.46. The minimum Gasteiger partial charge on any atom is -0.492 e. The minimum absolute atomic E-state index is 0.711. The Bertz CT molecular complexity index is 358. The second-order valence-corrected chi connectivity index (χ2v) is 4.66. The van der Waals surface area contributed by atoms with E-state index < -0.39 is 0 Å². The largest absolute Gasteiger partial charge is 0.492 e. The number of rotatable bonds is 11. The molecule has 0 saturated carbocycles. The topological polar surface area (TPSA) is 33.7 Å². The molecule has 0 saturated heterocycles. The third kappa shape index (κ3) is 6.89. The molecule has 114 valence electrons. The third-order valence-electron chi connectivity index (χ3n) is 3.16. The number of nitrogens with zero attached hydrogens (tertiary/aromatic N) is 1. The van der Waals surface area contributed by atoms with Gasteiger partial charge in [-0.2, -0.15) is 0 Å². The van der Waals surface area contributed by atoms with Crippen molar-refractivity contribution >= 4 is 0 Å². The van der Waals surface area contributed by atoms with Gasteiger partial charge in [-0.1, -0.05) is 19.1 Å². The number of hydrogen-bond donors (Lipinski definition) is 1. The normalized spacial score (nSPS) is 11.0. The fraction of sp³-hybridized carbons (Fsp3) is 0.625. The summed E-state index contributed by atoms with van der Waals surface area (Å²) in [5, 5.41) is 3.15. The SMILES string of the molecule is CCOCCN(CC)CCOc1cccc(CNC)c1. The van der Waals surface area contributed by atoms with E-state index in [-0.39, 0.29) is 0 Å². The fourth-order valence-electron chi connectivity index (χ4n) is 2.01. The first kappa shape index (κ1) is 17.0. The van der Waals surface area contributed by atoms with Gasteiger partial charge in [0.1, 0.15) is 12.4 Å². The Kier molecular flexibility index (Phi) is 9.04. The van der Waals surface area contributed by atoms with Crippen LogP contribution in [0.2, 0.25) is 0 Å². The van der Waals surface area contributed by atoms with Crippen LogP contribution in [0.1, 0.15) is 19.4 Å². The molecule has 0 spiro atoms. The monoisotopic (exact) mass is 280 g/mol. The van der Waals surface area contributed by atoms with E-state index in [0.717, 1.165) is 45.1 Å². The maximum atomic E-state index is 5.82. The fourth-order valence-corrected chi connectivity index (χ4v) is 2.01. The Balaban J connectivity index is 2.29. The summed E-state index contributed by atoms with van der Waals surface area (Å²) in [6.07, 6.45) is 0. The smallest absolute Gasteiger partial charge is 0.119 e. The summed E-state index contributed by atoms with van der Waals surface area (Å²) >= 11 is 0. The molecule has 0 amide bonds. The summed E-state index contributed by atoms with van der Waals surface area (Å²) in [5.41, 5.74) is 1.24. The number of hydrogen-bond acceptors (Lipinski definition) is 4. The molecule has 4 nitrogen and oxygen atoms in total. The van der Waals surface area contributed by atoms with Crippen LogP contribution in [-0.4, -0.2) is 51.4 Å². The second-order valence-electron chi connectivity index (χ2n) is 4.66. The first-order valence-electron chi connectivity index (χ1n) is 7.46. The Morgan fingerprint density at radius 1 is 1.15 bits per heavy atom. The summed E-state index contributed by atoms with van der Waals surface area (Å²) in [5.74, 6) is 0.943. The molecule has 0 aromatic heterocycles. The van der Waals surface area contributed by atoms with E-state index >= 15 is 0 Å². The molecule has 4 heteroatoms. The Labute approximate surface area is 123 Å². The molecule has 1 N–H and O–H groups in total. The van der Waals surface area contributed by atoms with Gasteiger partial charge in [-0.05, 0) is 38.2 Å². The van der Waals surface area contributed by atoms with E-state index in [1.807, 2.05) is 26.1 Å². The van der Waals surface area contributed by atoms with Gasteiger partial charge in [0, 0.05) is 26.2 Å². The van der Waals surface area contributed by atoms with Crippen molar-refractivity contribution in [3.05, 3.63) is 29.8 Å². The van der Waals surface area contributed by atoms with E-state index in [2.05, 4.69) is 29.3 Å². The lowest BCUT2D eigenvalue weighted by atomic mass is 10.2. The maximum absolute atomic E-state index is 5.82. The van der Waals surface area contributed by atoms with Crippen LogP contribution in [0, 0.1) is 0 Å². The van der Waals surface area contributed by atoms with Crippen molar-refractivity contribution in [1.29, 1.82) is 0 Å². The van der Waals surface area contributed by atoms with Crippen molar-refractivity contribution in [1.82, 2.24) is 10.2 Å². The Morgan fingerprint density at radius 3 is 2.65 bits per heavy atom. The summed E-state index contributed by atoms with van der Waals surface area (Å²) in [4.78, 5) is 2.34. The minimum atomic E-state index is 0.711. The number of ether oxygens (including phenoxy) is 2. The van der Waals surface area contributed by atoms with Crippen LogP contribution < -0.4 is 10.1 Å². The molecule has 1 aromatic carbocycles. The maximum Gasteiger partial charge on any atom is 0.119 e. The predicted octanol–water partition coefficient (Wildman–Crippen LogP) is 2.14. The van der Waals surface area contributed by atoms with Crippen LogP contribution in [0.3, 0.4) is 0 Å². The van der Waals surface area contributed by atoms with Crippen LogP contribution in [0.5, 0.6) is 5.75 Å². The van der Waals surface area contributed by atoms with Crippen LogP contribution in [0.25, 0.3) is 0 Å². The van der Waals surface area contributed by atoms with Crippen molar-refractivity contribution in [2.24, 2.45) is 0 Å². The van der Waals surface area contributed by atoms with E-state index in [1.54, 1.807) is 0 Å². The molecule has 1 aromatic rings. The number of nitrogens with one attached hydrogen (secondary N) is 1. The first-order chi connectivity index (χ1) is 9.80. The third-order valence-corrected chi connectivity index (χ3v) is 3.16. The van der Waals surface area contributed by atoms with Crippen molar-refractivity contribution in [2.45, 2.75) is 20.4 Å². The van der Waals surface area contributed by atoms with Gasteiger partial charge in [-0.25, -0.2) is 0 Å². The predicted molar refractivity (Wildman–Crippen MR) is 83.3 cm³/mol. The van der Waals surface area contributed by atoms with Gasteiger partial charge >= 0.3 is 0 Å². The zero-order valence-corrected chi connectivity index (χ0v) is 13.0. The lowest BCUT2D eigenvalue weighted by Crippen LogP contribution is -2.31. The van der Waals surface area contributed by atoms with Gasteiger partial charge in [0.05, 0.1) is 6.61 Å². The van der Waals surface area contributed by atoms with Crippen LogP contribution in [-0.2, 0) is 11.3 Å². The zero-order valence-electron chi connectivity index (χ0n) is 13.0. The highest BCUT2D eigenvalue weighted by atomic mass is 16.5. The molecule has 0 unspecified atom stereocenters. The van der Waals surface area contributed by atoms with Crippen LogP contribution in [0.4, 0.5) is 0 Å². The molecule has 0 radical (unpaired) electrons. The molecule has 0 bridgehead atoms. The molecule has 0 heterocycles. The summed E-state index contributed by atoms with van der Waals surface area (Å²) in [7, 11) is 1.95. The average molecular weight is 280 g/mol. The highest BCUT2D eigenvalue weighted by Gasteiger charge is 2.03. The zero-order chi connectivity index (χ0) is 14.6. The molecule has 0 aliphatic rings. The van der Waals surface area contributed by atoms with Crippen LogP contribution >= 0.6 is 0 Å². The number of likely N-dealkylation sites (N-methyl/N-ethyl adjacent to an activating group) is 1. The summed E-state index contributed by atoms with van der Waals surface area (Å²) in [6, 6.07) is 8.24. The van der Waals surface area contributed by atoms with Crippen molar-refractivity contribution in [3.8, 4) is 5.75 Å². The van der Waals surface area contributed by atoms with Gasteiger partial charge in [0.25, 0.3) is 0 Å². The van der Waals surface area contributed by atoms with Gasteiger partial charge < -0.3 is 14.8 Å². The molecule has 0 aliphatic heterocycles.